The van der Waals surface area contributed by atoms with E-state index in [4.69, 9.17) is 0 Å². The van der Waals surface area contributed by atoms with Gasteiger partial charge < -0.3 is 0 Å². The molecule has 13 rings (SSSR count). The lowest BCUT2D eigenvalue weighted by molar-refractivity contribution is 1.57. The molecule has 0 heteroatoms. The van der Waals surface area contributed by atoms with E-state index in [1.165, 1.54) is 0 Å². The fraction of sp³-hybridized carbons (Fsp3) is 0. The maximum Gasteiger partial charge on any atom is 0.0249 e. The monoisotopic (exact) mass is 1280 g/mol. The van der Waals surface area contributed by atoms with Gasteiger partial charge in [0.2, 0.25) is 0 Å². The van der Waals surface area contributed by atoms with Gasteiger partial charge in [0.15, 0.2) is 0 Å². The van der Waals surface area contributed by atoms with Gasteiger partial charge >= 0.3 is 0 Å². The summed E-state index contributed by atoms with van der Waals surface area (Å²) in [5, 5.41) is 0. The van der Waals surface area contributed by atoms with Gasteiger partial charge in [0.25, 0.3) is 0 Å². The average molecular weight is 1280 g/mol. The number of hydrogen-bond acceptors (Lipinski definition) is 0. The van der Waals surface area contributed by atoms with Crippen LogP contribution >= 0.6 is 0 Å². The summed E-state index contributed by atoms with van der Waals surface area (Å²) >= 11 is 0. The van der Waals surface area contributed by atoms with E-state index in [2.05, 4.69) is 142 Å². The van der Waals surface area contributed by atoms with Crippen LogP contribution in [0.1, 0.15) is 134 Å². The molecule has 0 heterocycles. The molecule has 0 aliphatic carbocycles. The number of rotatable bonds is 0. The van der Waals surface area contributed by atoms with Crippen molar-refractivity contribution in [1.82, 2.24) is 0 Å². The van der Waals surface area contributed by atoms with Gasteiger partial charge in [-0.1, -0.05) is 178 Å². The van der Waals surface area contributed by atoms with E-state index < -0.39 is 0 Å². The zero-order valence-electron chi connectivity index (χ0n) is 55.2. The van der Waals surface area contributed by atoms with E-state index in [1.807, 2.05) is 328 Å². The van der Waals surface area contributed by atoms with Gasteiger partial charge in [0.05, 0.1) is 0 Å². The van der Waals surface area contributed by atoms with Crippen LogP contribution in [0, 0.1) is 142 Å². The predicted molar refractivity (Wildman–Crippen MR) is 416 cm³/mol. The van der Waals surface area contributed by atoms with E-state index in [1.54, 1.807) is 0 Å². The Bertz CT molecular complexity index is 5630. The number of hydrogen-bond donors (Lipinski definition) is 0. The van der Waals surface area contributed by atoms with Gasteiger partial charge in [-0.15, -0.1) is 0 Å². The molecule has 0 aliphatic heterocycles. The van der Waals surface area contributed by atoms with Crippen molar-refractivity contribution in [1.29, 1.82) is 0 Å². The summed E-state index contributed by atoms with van der Waals surface area (Å²) in [5.41, 5.74) is 22.2. The molecule has 0 aliphatic rings. The van der Waals surface area contributed by atoms with Crippen LogP contribution in [-0.4, -0.2) is 0 Å². The first-order chi connectivity index (χ1) is 50.4. The summed E-state index contributed by atoms with van der Waals surface area (Å²) in [7, 11) is 0. The molecule has 13 aromatic rings. The second kappa shape index (κ2) is 33.8. The second-order valence-electron chi connectivity index (χ2n) is 23.1. The Kier molecular flexibility index (Phi) is 21.6. The van der Waals surface area contributed by atoms with Crippen molar-refractivity contribution in [3.05, 3.63) is 461 Å². The van der Waals surface area contributed by atoms with Gasteiger partial charge in [0, 0.05) is 134 Å². The molecule has 0 aromatic heterocycles. The van der Waals surface area contributed by atoms with Crippen LogP contribution in [0.2, 0.25) is 0 Å². The van der Waals surface area contributed by atoms with E-state index >= 15 is 0 Å². The molecule has 0 radical (unpaired) electrons. The third-order valence-electron chi connectivity index (χ3n) is 15.5. The Balaban J connectivity index is 0.519. The lowest BCUT2D eigenvalue weighted by Crippen LogP contribution is -1.82. The number of benzene rings is 13. The van der Waals surface area contributed by atoms with Crippen LogP contribution in [0.25, 0.3) is 0 Å². The van der Waals surface area contributed by atoms with Crippen LogP contribution in [0.5, 0.6) is 0 Å². The maximum atomic E-state index is 3.27. The first-order valence-corrected chi connectivity index (χ1v) is 32.9. The molecular weight excluding hydrogens is 1230 g/mol. The highest BCUT2D eigenvalue weighted by atomic mass is 14.0. The summed E-state index contributed by atoms with van der Waals surface area (Å²) in [6, 6.07) is 108. The van der Waals surface area contributed by atoms with Crippen molar-refractivity contribution in [3.8, 4) is 142 Å². The molecule has 462 valence electrons. The summed E-state index contributed by atoms with van der Waals surface area (Å²) in [6.45, 7) is 0. The van der Waals surface area contributed by atoms with E-state index in [-0.39, 0.29) is 0 Å². The highest BCUT2D eigenvalue weighted by Crippen LogP contribution is 2.14. The first-order valence-electron chi connectivity index (χ1n) is 32.9. The molecule has 13 aromatic carbocycles. The highest BCUT2D eigenvalue weighted by Gasteiger charge is 2.00. The third-order valence-corrected chi connectivity index (χ3v) is 15.5. The third kappa shape index (κ3) is 20.3. The quantitative estimate of drug-likeness (QED) is 0.133. The smallest absolute Gasteiger partial charge is 0.0249 e. The highest BCUT2D eigenvalue weighted by molar-refractivity contribution is 5.58. The molecule has 0 saturated heterocycles. The molecule has 0 atom stereocenters. The summed E-state index contributed by atoms with van der Waals surface area (Å²) in [6.07, 6.45) is 0. The van der Waals surface area contributed by atoms with Gasteiger partial charge in [-0.25, -0.2) is 0 Å². The molecule has 0 bridgehead atoms. The summed E-state index contributed by atoms with van der Waals surface area (Å²) in [4.78, 5) is 0. The zero-order chi connectivity index (χ0) is 69.0. The zero-order valence-corrected chi connectivity index (χ0v) is 55.2. The lowest BCUT2D eigenvalue weighted by atomic mass is 10.1. The van der Waals surface area contributed by atoms with E-state index in [9.17, 15) is 0 Å². The Morgan fingerprint density at radius 3 is 0.196 bits per heavy atom. The van der Waals surface area contributed by atoms with Crippen molar-refractivity contribution in [3.63, 3.8) is 0 Å². The second-order valence-corrected chi connectivity index (χ2v) is 23.1. The minimum absolute atomic E-state index is 0.908. The Morgan fingerprint density at radius 2 is 0.127 bits per heavy atom. The molecule has 0 fully saturated rings. The molecule has 0 nitrogen and oxygen atoms in total. The van der Waals surface area contributed by atoms with Crippen LogP contribution in [0.3, 0.4) is 0 Å². The van der Waals surface area contributed by atoms with Gasteiger partial charge in [-0.3, -0.25) is 0 Å². The topological polar surface area (TPSA) is 0 Å². The van der Waals surface area contributed by atoms with Crippen LogP contribution < -0.4 is 0 Å². The largest absolute Gasteiger partial charge is 0.0622 e. The maximum absolute atomic E-state index is 3.27. The lowest BCUT2D eigenvalue weighted by Gasteiger charge is -1.95. The minimum atomic E-state index is 0.908. The molecule has 0 N–H and O–H groups in total. The van der Waals surface area contributed by atoms with Crippen LogP contribution in [0.4, 0.5) is 0 Å². The minimum Gasteiger partial charge on any atom is -0.0622 e. The fourth-order valence-electron chi connectivity index (χ4n) is 9.78. The van der Waals surface area contributed by atoms with Crippen molar-refractivity contribution in [2.45, 2.75) is 0 Å². The van der Waals surface area contributed by atoms with Crippen LogP contribution in [0.15, 0.2) is 328 Å². The van der Waals surface area contributed by atoms with Crippen molar-refractivity contribution < 1.29 is 0 Å². The van der Waals surface area contributed by atoms with Crippen molar-refractivity contribution in [2.75, 3.05) is 0 Å². The molecular formula is C102H54. The summed E-state index contributed by atoms with van der Waals surface area (Å²) < 4.78 is 0. The Morgan fingerprint density at radius 1 is 0.0686 bits per heavy atom. The predicted octanol–water partition coefficient (Wildman–Crippen LogP) is 18.5. The van der Waals surface area contributed by atoms with Crippen molar-refractivity contribution in [2.24, 2.45) is 0 Å². The molecule has 0 unspecified atom stereocenters. The van der Waals surface area contributed by atoms with Gasteiger partial charge in [0.1, 0.15) is 0 Å². The molecule has 0 spiro atoms. The molecule has 0 saturated carbocycles. The van der Waals surface area contributed by atoms with E-state index in [0.717, 1.165) is 134 Å². The summed E-state index contributed by atoms with van der Waals surface area (Å²) in [5.74, 6) is 78.1. The standard InChI is InChI=1S/C102H54/c1-3-7-79(8-4-1)11-13-81-15-19-83(20-16-81)23-25-85-27-31-87(32-28-85)35-37-89-39-43-91(44-40-89)47-49-93-51-55-95(56-52-93)59-61-97-63-67-99(68-64-97)71-73-101-75-77-102(78-76-101)74-72-100-69-65-98(66-70-100)62-60-96-57-53-94(54-58-96)50-48-92-45-41-90(42-46-92)38-36-88-33-29-86(30-34-88)26-24-84-21-17-82(18-22-84)14-12-80-9-5-2-6-10-80/h1-10,15-22,27-34,39-46,51-58,63-70,75-78H. The first kappa shape index (κ1) is 65.3. The van der Waals surface area contributed by atoms with E-state index in [0.29, 0.717) is 0 Å². The average Bonchev–Trinajstić information content (AvgIpc) is 1.49. The normalized spacial score (nSPS) is 9.41. The molecule has 0 amide bonds. The van der Waals surface area contributed by atoms with Crippen molar-refractivity contribution >= 4 is 0 Å². The SMILES string of the molecule is C(#Cc1ccc(C#Cc2ccc(C#Cc3ccc(C#Cc4ccc(C#Cc5ccc(C#Cc6ccc(C#Cc7ccc(C#Cc8ccc(C#Cc9ccc(C#Cc%10ccc(C#Cc%11ccc(C#Cc%12ccccc%12)cc%11)cc%10)cc9)cc8)cc7)cc6)cc5)cc4)cc3)cc2)cc1)c1ccccc1. The van der Waals surface area contributed by atoms with Gasteiger partial charge in [-0.2, -0.15) is 0 Å². The fourth-order valence-corrected chi connectivity index (χ4v) is 9.78. The Hall–Kier alpha value is -15.4. The Labute approximate surface area is 599 Å². The van der Waals surface area contributed by atoms with Gasteiger partial charge in [-0.05, 0) is 291 Å². The van der Waals surface area contributed by atoms with Crippen LogP contribution in [-0.2, 0) is 0 Å². The molecule has 102 heavy (non-hydrogen) atoms.